The number of nitrogens with one attached hydrogen (secondary N) is 2. The number of nitrogens with zero attached hydrogens (tertiary/aromatic N) is 1. The number of hydrogen-bond acceptors (Lipinski definition) is 4. The summed E-state index contributed by atoms with van der Waals surface area (Å²) in [5.41, 5.74) is 1.31. The molecule has 1 aromatic heterocycles. The van der Waals surface area contributed by atoms with Crippen molar-refractivity contribution < 1.29 is 9.90 Å². The number of urea groups is 1. The standard InChI is InChI=1S/C15H25N3O2S/c1-2-11(10-19)17-15(20)16-9-5-8-14-18-12-6-3-4-7-13(12)21-14/h11,19H,2-10H2,1H3,(H2,16,17,20). The summed E-state index contributed by atoms with van der Waals surface area (Å²) in [6.07, 6.45) is 7.43. The van der Waals surface area contributed by atoms with Crippen LogP contribution in [0, 0.1) is 0 Å². The van der Waals surface area contributed by atoms with Gasteiger partial charge in [0.2, 0.25) is 0 Å². The lowest BCUT2D eigenvalue weighted by molar-refractivity contribution is 0.214. The predicted molar refractivity (Wildman–Crippen MR) is 84.8 cm³/mol. The fourth-order valence-electron chi connectivity index (χ4n) is 2.47. The number of aromatic nitrogens is 1. The van der Waals surface area contributed by atoms with Crippen LogP contribution in [0.25, 0.3) is 0 Å². The first-order valence-corrected chi connectivity index (χ1v) is 8.67. The van der Waals surface area contributed by atoms with Gasteiger partial charge in [0.05, 0.1) is 23.4 Å². The lowest BCUT2D eigenvalue weighted by atomic mass is 10.0. The van der Waals surface area contributed by atoms with Crippen LogP contribution < -0.4 is 10.6 Å². The van der Waals surface area contributed by atoms with Crippen molar-refractivity contribution in [2.45, 2.75) is 57.9 Å². The molecule has 0 bridgehead atoms. The lowest BCUT2D eigenvalue weighted by Gasteiger charge is -2.14. The molecule has 1 aliphatic rings. The van der Waals surface area contributed by atoms with Crippen LogP contribution >= 0.6 is 11.3 Å². The third kappa shape index (κ3) is 4.97. The van der Waals surface area contributed by atoms with E-state index in [2.05, 4.69) is 10.6 Å². The summed E-state index contributed by atoms with van der Waals surface area (Å²) in [6, 6.07) is -0.356. The van der Waals surface area contributed by atoms with Gasteiger partial charge in [0, 0.05) is 17.8 Å². The Morgan fingerprint density at radius 3 is 2.95 bits per heavy atom. The number of aliphatic hydroxyl groups is 1. The van der Waals surface area contributed by atoms with E-state index in [0.29, 0.717) is 6.54 Å². The molecule has 118 valence electrons. The summed E-state index contributed by atoms with van der Waals surface area (Å²) in [5, 5.41) is 15.8. The Labute approximate surface area is 130 Å². The van der Waals surface area contributed by atoms with Gasteiger partial charge in [-0.3, -0.25) is 0 Å². The molecule has 0 aromatic carbocycles. The summed E-state index contributed by atoms with van der Waals surface area (Å²) in [5.74, 6) is 0. The molecule has 5 nitrogen and oxygen atoms in total. The minimum absolute atomic E-state index is 0.0193. The van der Waals surface area contributed by atoms with Crippen LogP contribution in [0.15, 0.2) is 0 Å². The van der Waals surface area contributed by atoms with Crippen molar-refractivity contribution in [2.75, 3.05) is 13.2 Å². The Morgan fingerprint density at radius 1 is 1.43 bits per heavy atom. The van der Waals surface area contributed by atoms with Crippen LogP contribution in [0.3, 0.4) is 0 Å². The van der Waals surface area contributed by atoms with Crippen LogP contribution in [0.5, 0.6) is 0 Å². The van der Waals surface area contributed by atoms with Crippen LogP contribution in [0.2, 0.25) is 0 Å². The highest BCUT2D eigenvalue weighted by atomic mass is 32.1. The van der Waals surface area contributed by atoms with Crippen LogP contribution in [0.1, 0.15) is 48.2 Å². The maximum absolute atomic E-state index is 11.6. The molecule has 21 heavy (non-hydrogen) atoms. The van der Waals surface area contributed by atoms with E-state index in [-0.39, 0.29) is 18.7 Å². The van der Waals surface area contributed by atoms with Gasteiger partial charge in [-0.25, -0.2) is 9.78 Å². The minimum atomic E-state index is -0.200. The zero-order valence-corrected chi connectivity index (χ0v) is 13.5. The maximum atomic E-state index is 11.6. The Bertz CT molecular complexity index is 434. The van der Waals surface area contributed by atoms with E-state index in [1.54, 1.807) is 0 Å². The van der Waals surface area contributed by atoms with Crippen molar-refractivity contribution in [2.24, 2.45) is 0 Å². The molecular weight excluding hydrogens is 286 g/mol. The number of aliphatic hydroxyl groups excluding tert-OH is 1. The fraction of sp³-hybridized carbons (Fsp3) is 0.733. The van der Waals surface area contributed by atoms with Gasteiger partial charge < -0.3 is 15.7 Å². The van der Waals surface area contributed by atoms with Crippen molar-refractivity contribution in [3.8, 4) is 0 Å². The normalized spacial score (nSPS) is 15.3. The highest BCUT2D eigenvalue weighted by molar-refractivity contribution is 7.11. The summed E-state index contributed by atoms with van der Waals surface area (Å²) < 4.78 is 0. The molecule has 0 fully saturated rings. The monoisotopic (exact) mass is 311 g/mol. The highest BCUT2D eigenvalue weighted by Crippen LogP contribution is 2.27. The lowest BCUT2D eigenvalue weighted by Crippen LogP contribution is -2.43. The molecule has 2 rings (SSSR count). The first kappa shape index (κ1) is 16.2. The van der Waals surface area contributed by atoms with E-state index in [4.69, 9.17) is 10.1 Å². The van der Waals surface area contributed by atoms with Gasteiger partial charge in [-0.1, -0.05) is 6.92 Å². The molecule has 1 unspecified atom stereocenters. The molecule has 2 amide bonds. The quantitative estimate of drug-likeness (QED) is 0.675. The topological polar surface area (TPSA) is 74.2 Å². The van der Waals surface area contributed by atoms with Gasteiger partial charge in [0.25, 0.3) is 0 Å². The molecule has 1 heterocycles. The SMILES string of the molecule is CCC(CO)NC(=O)NCCCc1nc2c(s1)CCCC2. The summed E-state index contributed by atoms with van der Waals surface area (Å²) in [7, 11) is 0. The second kappa shape index (κ2) is 8.34. The molecule has 0 saturated heterocycles. The van der Waals surface area contributed by atoms with E-state index in [9.17, 15) is 4.79 Å². The number of amides is 2. The van der Waals surface area contributed by atoms with Gasteiger partial charge in [-0.05, 0) is 38.5 Å². The van der Waals surface area contributed by atoms with Crippen molar-refractivity contribution >= 4 is 17.4 Å². The largest absolute Gasteiger partial charge is 0.394 e. The van der Waals surface area contributed by atoms with Gasteiger partial charge in [-0.2, -0.15) is 0 Å². The molecule has 3 N–H and O–H groups in total. The first-order valence-electron chi connectivity index (χ1n) is 7.85. The van der Waals surface area contributed by atoms with E-state index in [0.717, 1.165) is 25.7 Å². The average molecular weight is 311 g/mol. The number of aryl methyl sites for hydroxylation is 3. The van der Waals surface area contributed by atoms with Crippen LogP contribution in [-0.2, 0) is 19.3 Å². The second-order valence-corrected chi connectivity index (χ2v) is 6.64. The van der Waals surface area contributed by atoms with E-state index in [1.165, 1.54) is 34.8 Å². The fourth-order valence-corrected chi connectivity index (χ4v) is 3.67. The van der Waals surface area contributed by atoms with E-state index in [1.807, 2.05) is 18.3 Å². The van der Waals surface area contributed by atoms with Gasteiger partial charge in [0.15, 0.2) is 0 Å². The van der Waals surface area contributed by atoms with Gasteiger partial charge >= 0.3 is 6.03 Å². The van der Waals surface area contributed by atoms with Crippen LogP contribution in [0.4, 0.5) is 4.79 Å². The second-order valence-electron chi connectivity index (χ2n) is 5.48. The Hall–Kier alpha value is -1.14. The van der Waals surface area contributed by atoms with E-state index >= 15 is 0 Å². The molecule has 1 atom stereocenters. The first-order chi connectivity index (χ1) is 10.2. The number of carbonyl (C=O) groups is 1. The number of hydrogen-bond donors (Lipinski definition) is 3. The minimum Gasteiger partial charge on any atom is -0.394 e. The molecule has 1 aromatic rings. The number of rotatable bonds is 7. The zero-order valence-electron chi connectivity index (χ0n) is 12.7. The molecule has 0 aliphatic heterocycles. The average Bonchev–Trinajstić information content (AvgIpc) is 2.92. The number of fused-ring (bicyclic) bond motifs is 1. The van der Waals surface area contributed by atoms with Crippen molar-refractivity contribution in [3.05, 3.63) is 15.6 Å². The molecular formula is C15H25N3O2S. The molecule has 0 spiro atoms. The third-order valence-corrected chi connectivity index (χ3v) is 5.01. The summed E-state index contributed by atoms with van der Waals surface area (Å²) in [4.78, 5) is 17.8. The summed E-state index contributed by atoms with van der Waals surface area (Å²) >= 11 is 1.84. The molecule has 1 aliphatic carbocycles. The Balaban J connectivity index is 1.65. The predicted octanol–water partition coefficient (Wildman–Crippen LogP) is 2.02. The van der Waals surface area contributed by atoms with Crippen LogP contribution in [-0.4, -0.2) is 35.3 Å². The highest BCUT2D eigenvalue weighted by Gasteiger charge is 2.14. The summed E-state index contributed by atoms with van der Waals surface area (Å²) in [6.45, 7) is 2.55. The molecule has 0 saturated carbocycles. The number of carbonyl (C=O) groups excluding carboxylic acids is 1. The maximum Gasteiger partial charge on any atom is 0.315 e. The van der Waals surface area contributed by atoms with Gasteiger partial charge in [0.1, 0.15) is 0 Å². The van der Waals surface area contributed by atoms with Gasteiger partial charge in [-0.15, -0.1) is 11.3 Å². The Morgan fingerprint density at radius 2 is 2.24 bits per heavy atom. The van der Waals surface area contributed by atoms with Crippen molar-refractivity contribution in [1.82, 2.24) is 15.6 Å². The molecule has 0 radical (unpaired) electrons. The van der Waals surface area contributed by atoms with Crippen molar-refractivity contribution in [1.29, 1.82) is 0 Å². The number of thiazole rings is 1. The Kier molecular flexibility index (Phi) is 6.45. The zero-order chi connectivity index (χ0) is 15.1. The smallest absolute Gasteiger partial charge is 0.315 e. The third-order valence-electron chi connectivity index (χ3n) is 3.79. The molecule has 6 heteroatoms. The van der Waals surface area contributed by atoms with Crippen molar-refractivity contribution in [3.63, 3.8) is 0 Å². The van der Waals surface area contributed by atoms with E-state index < -0.39 is 0 Å².